The summed E-state index contributed by atoms with van der Waals surface area (Å²) < 4.78 is 5.16. The number of hydrogen-bond acceptors (Lipinski definition) is 6. The summed E-state index contributed by atoms with van der Waals surface area (Å²) in [6.45, 7) is 7.95. The molecule has 6 heteroatoms. The number of carbonyl (C=O) groups is 1. The first-order valence-electron chi connectivity index (χ1n) is 8.55. The summed E-state index contributed by atoms with van der Waals surface area (Å²) in [5, 5.41) is 0. The molecular formula is C17H26N4O2. The summed E-state index contributed by atoms with van der Waals surface area (Å²) in [4.78, 5) is 25.9. The SMILES string of the molecule is CCOC(=O)C1CCN(c2nc(C)nc3c2CCN(C)C3)CC1. The molecule has 0 spiro atoms. The molecule has 1 aromatic rings. The summed E-state index contributed by atoms with van der Waals surface area (Å²) in [6, 6.07) is 0. The molecule has 3 rings (SSSR count). The largest absolute Gasteiger partial charge is 0.466 e. The zero-order chi connectivity index (χ0) is 16.4. The van der Waals surface area contributed by atoms with Gasteiger partial charge >= 0.3 is 5.97 Å². The maximum absolute atomic E-state index is 11.9. The smallest absolute Gasteiger partial charge is 0.309 e. The molecular weight excluding hydrogens is 292 g/mol. The predicted octanol–water partition coefficient (Wildman–Crippen LogP) is 1.55. The fourth-order valence-electron chi connectivity index (χ4n) is 3.51. The summed E-state index contributed by atoms with van der Waals surface area (Å²) >= 11 is 0. The summed E-state index contributed by atoms with van der Waals surface area (Å²) in [6.07, 6.45) is 2.69. The summed E-state index contributed by atoms with van der Waals surface area (Å²) in [5.41, 5.74) is 2.46. The molecule has 1 fully saturated rings. The van der Waals surface area contributed by atoms with Gasteiger partial charge in [-0.05, 0) is 40.2 Å². The zero-order valence-corrected chi connectivity index (χ0v) is 14.3. The van der Waals surface area contributed by atoms with Crippen molar-refractivity contribution in [3.63, 3.8) is 0 Å². The molecule has 0 aromatic carbocycles. The second-order valence-electron chi connectivity index (χ2n) is 6.52. The van der Waals surface area contributed by atoms with Crippen molar-refractivity contribution in [2.45, 2.75) is 39.7 Å². The van der Waals surface area contributed by atoms with Gasteiger partial charge in [0.25, 0.3) is 0 Å². The van der Waals surface area contributed by atoms with E-state index in [1.807, 2.05) is 13.8 Å². The molecule has 0 atom stereocenters. The van der Waals surface area contributed by atoms with Crippen LogP contribution in [0.15, 0.2) is 0 Å². The van der Waals surface area contributed by atoms with E-state index >= 15 is 0 Å². The average molecular weight is 318 g/mol. The van der Waals surface area contributed by atoms with Crippen molar-refractivity contribution in [1.29, 1.82) is 0 Å². The number of aryl methyl sites for hydroxylation is 1. The number of piperidine rings is 1. The molecule has 23 heavy (non-hydrogen) atoms. The Morgan fingerprint density at radius 2 is 2.00 bits per heavy atom. The van der Waals surface area contributed by atoms with Gasteiger partial charge in [0.05, 0.1) is 18.2 Å². The van der Waals surface area contributed by atoms with Gasteiger partial charge in [0.15, 0.2) is 0 Å². The number of anilines is 1. The van der Waals surface area contributed by atoms with E-state index < -0.39 is 0 Å². The molecule has 126 valence electrons. The van der Waals surface area contributed by atoms with E-state index in [0.717, 1.165) is 62.8 Å². The van der Waals surface area contributed by atoms with Crippen LogP contribution in [0.5, 0.6) is 0 Å². The van der Waals surface area contributed by atoms with Gasteiger partial charge in [-0.1, -0.05) is 0 Å². The molecule has 2 aliphatic rings. The number of likely N-dealkylation sites (N-methyl/N-ethyl adjacent to an activating group) is 1. The molecule has 1 aromatic heterocycles. The van der Waals surface area contributed by atoms with Gasteiger partial charge < -0.3 is 14.5 Å². The molecule has 1 saturated heterocycles. The first-order chi connectivity index (χ1) is 11.1. The number of esters is 1. The van der Waals surface area contributed by atoms with Gasteiger partial charge in [0.1, 0.15) is 11.6 Å². The Labute approximate surface area is 137 Å². The van der Waals surface area contributed by atoms with Crippen molar-refractivity contribution in [2.24, 2.45) is 5.92 Å². The molecule has 0 aliphatic carbocycles. The molecule has 0 bridgehead atoms. The van der Waals surface area contributed by atoms with Gasteiger partial charge in [-0.2, -0.15) is 0 Å². The van der Waals surface area contributed by atoms with Crippen LogP contribution in [-0.2, 0) is 22.5 Å². The number of rotatable bonds is 3. The van der Waals surface area contributed by atoms with Crippen LogP contribution >= 0.6 is 0 Å². The maximum Gasteiger partial charge on any atom is 0.309 e. The first-order valence-corrected chi connectivity index (χ1v) is 8.55. The standard InChI is InChI=1S/C17H26N4O2/c1-4-23-17(22)13-5-9-21(10-6-13)16-14-7-8-20(3)11-15(14)18-12(2)19-16/h13H,4-11H2,1-3H3. The minimum Gasteiger partial charge on any atom is -0.466 e. The Morgan fingerprint density at radius 1 is 1.26 bits per heavy atom. The highest BCUT2D eigenvalue weighted by atomic mass is 16.5. The zero-order valence-electron chi connectivity index (χ0n) is 14.3. The number of carbonyl (C=O) groups excluding carboxylic acids is 1. The fraction of sp³-hybridized carbons (Fsp3) is 0.706. The van der Waals surface area contributed by atoms with Crippen molar-refractivity contribution >= 4 is 11.8 Å². The lowest BCUT2D eigenvalue weighted by Gasteiger charge is -2.35. The van der Waals surface area contributed by atoms with Crippen molar-refractivity contribution in [3.8, 4) is 0 Å². The Balaban J connectivity index is 1.75. The lowest BCUT2D eigenvalue weighted by Crippen LogP contribution is -2.39. The van der Waals surface area contributed by atoms with Crippen molar-refractivity contribution in [2.75, 3.05) is 38.2 Å². The molecule has 0 radical (unpaired) electrons. The van der Waals surface area contributed by atoms with Crippen LogP contribution in [0.3, 0.4) is 0 Å². The molecule has 3 heterocycles. The van der Waals surface area contributed by atoms with Crippen molar-refractivity contribution < 1.29 is 9.53 Å². The fourth-order valence-corrected chi connectivity index (χ4v) is 3.51. The van der Waals surface area contributed by atoms with Crippen LogP contribution in [-0.4, -0.2) is 54.1 Å². The van der Waals surface area contributed by atoms with E-state index in [4.69, 9.17) is 9.72 Å². The van der Waals surface area contributed by atoms with Crippen LogP contribution in [0.1, 0.15) is 36.8 Å². The van der Waals surface area contributed by atoms with E-state index in [0.29, 0.717) is 6.61 Å². The van der Waals surface area contributed by atoms with Gasteiger partial charge in [-0.15, -0.1) is 0 Å². The van der Waals surface area contributed by atoms with E-state index in [1.54, 1.807) is 0 Å². The number of fused-ring (bicyclic) bond motifs is 1. The van der Waals surface area contributed by atoms with Gasteiger partial charge in [-0.25, -0.2) is 9.97 Å². The van der Waals surface area contributed by atoms with Crippen LogP contribution in [0.25, 0.3) is 0 Å². The molecule has 0 saturated carbocycles. The lowest BCUT2D eigenvalue weighted by molar-refractivity contribution is -0.148. The normalized spacial score (nSPS) is 19.5. The number of nitrogens with zero attached hydrogens (tertiary/aromatic N) is 4. The highest BCUT2D eigenvalue weighted by molar-refractivity contribution is 5.72. The summed E-state index contributed by atoms with van der Waals surface area (Å²) in [5.74, 6) is 1.91. The van der Waals surface area contributed by atoms with E-state index in [2.05, 4.69) is 21.8 Å². The molecule has 0 unspecified atom stereocenters. The van der Waals surface area contributed by atoms with Crippen LogP contribution in [0.2, 0.25) is 0 Å². The van der Waals surface area contributed by atoms with Crippen LogP contribution < -0.4 is 4.90 Å². The second-order valence-corrected chi connectivity index (χ2v) is 6.52. The maximum atomic E-state index is 11.9. The Morgan fingerprint density at radius 3 is 2.70 bits per heavy atom. The van der Waals surface area contributed by atoms with Gasteiger partial charge in [-0.3, -0.25) is 4.79 Å². The molecule has 0 amide bonds. The van der Waals surface area contributed by atoms with Crippen molar-refractivity contribution in [3.05, 3.63) is 17.1 Å². The quantitative estimate of drug-likeness (QED) is 0.788. The first kappa shape index (κ1) is 16.2. The van der Waals surface area contributed by atoms with E-state index in [1.165, 1.54) is 5.56 Å². The highest BCUT2D eigenvalue weighted by Crippen LogP contribution is 2.29. The average Bonchev–Trinajstić information content (AvgIpc) is 2.54. The third kappa shape index (κ3) is 3.47. The van der Waals surface area contributed by atoms with Crippen LogP contribution in [0.4, 0.5) is 5.82 Å². The van der Waals surface area contributed by atoms with E-state index in [-0.39, 0.29) is 11.9 Å². The Hall–Kier alpha value is -1.69. The highest BCUT2D eigenvalue weighted by Gasteiger charge is 2.29. The van der Waals surface area contributed by atoms with Crippen molar-refractivity contribution in [1.82, 2.24) is 14.9 Å². The number of aromatic nitrogens is 2. The number of hydrogen-bond donors (Lipinski definition) is 0. The topological polar surface area (TPSA) is 58.6 Å². The molecule has 2 aliphatic heterocycles. The predicted molar refractivity (Wildman–Crippen MR) is 88.4 cm³/mol. The Kier molecular flexibility index (Phi) is 4.80. The van der Waals surface area contributed by atoms with E-state index in [9.17, 15) is 4.79 Å². The van der Waals surface area contributed by atoms with Crippen LogP contribution in [0, 0.1) is 12.8 Å². The number of ether oxygens (including phenoxy) is 1. The third-order valence-corrected chi connectivity index (χ3v) is 4.76. The second kappa shape index (κ2) is 6.83. The van der Waals surface area contributed by atoms with Gasteiger partial charge in [0, 0.05) is 31.7 Å². The van der Waals surface area contributed by atoms with Gasteiger partial charge in [0.2, 0.25) is 0 Å². The minimum absolute atomic E-state index is 0.0380. The lowest BCUT2D eigenvalue weighted by atomic mass is 9.96. The minimum atomic E-state index is -0.0466. The monoisotopic (exact) mass is 318 g/mol. The summed E-state index contributed by atoms with van der Waals surface area (Å²) in [7, 11) is 2.13. The molecule has 6 nitrogen and oxygen atoms in total. The third-order valence-electron chi connectivity index (χ3n) is 4.76. The molecule has 0 N–H and O–H groups in total. The Bertz CT molecular complexity index is 582.